The summed E-state index contributed by atoms with van der Waals surface area (Å²) in [4.78, 5) is 14.6. The molecule has 0 aromatic rings. The molecule has 0 radical (unpaired) electrons. The second kappa shape index (κ2) is 6.53. The molecule has 2 aliphatic rings. The first-order chi connectivity index (χ1) is 8.76. The average Bonchev–Trinajstić information content (AvgIpc) is 2.86. The second-order valence-corrected chi connectivity index (χ2v) is 5.51. The summed E-state index contributed by atoms with van der Waals surface area (Å²) < 4.78 is 5.48. The summed E-state index contributed by atoms with van der Waals surface area (Å²) in [5, 5.41) is 3.37. The molecule has 3 unspecified atom stereocenters. The molecule has 0 spiro atoms. The first kappa shape index (κ1) is 13.8. The van der Waals surface area contributed by atoms with Crippen molar-refractivity contribution < 1.29 is 9.53 Å². The zero-order valence-corrected chi connectivity index (χ0v) is 11.7. The summed E-state index contributed by atoms with van der Waals surface area (Å²) >= 11 is 0. The van der Waals surface area contributed by atoms with E-state index in [1.165, 1.54) is 12.8 Å². The summed E-state index contributed by atoms with van der Waals surface area (Å²) in [7, 11) is 0. The van der Waals surface area contributed by atoms with Gasteiger partial charge in [-0.25, -0.2) is 0 Å². The Bertz CT molecular complexity index is 283. The van der Waals surface area contributed by atoms with E-state index in [1.54, 1.807) is 0 Å². The van der Waals surface area contributed by atoms with E-state index in [-0.39, 0.29) is 12.0 Å². The molecule has 1 N–H and O–H groups in total. The van der Waals surface area contributed by atoms with E-state index in [9.17, 15) is 4.79 Å². The Morgan fingerprint density at radius 3 is 2.94 bits per heavy atom. The molecule has 104 valence electrons. The predicted octanol–water partition coefficient (Wildman–Crippen LogP) is 1.26. The maximum atomic E-state index is 12.6. The lowest BCUT2D eigenvalue weighted by Gasteiger charge is -2.34. The van der Waals surface area contributed by atoms with Crippen molar-refractivity contribution in [2.24, 2.45) is 11.8 Å². The van der Waals surface area contributed by atoms with Crippen LogP contribution in [0, 0.1) is 11.8 Å². The lowest BCUT2D eigenvalue weighted by atomic mass is 9.93. The van der Waals surface area contributed by atoms with E-state index in [2.05, 4.69) is 24.1 Å². The summed E-state index contributed by atoms with van der Waals surface area (Å²) in [6, 6.07) is 0.213. The fourth-order valence-electron chi connectivity index (χ4n) is 3.09. The molecule has 2 heterocycles. The molecular weight excluding hydrogens is 228 g/mol. The van der Waals surface area contributed by atoms with Crippen LogP contribution in [-0.4, -0.2) is 49.7 Å². The molecule has 4 nitrogen and oxygen atoms in total. The van der Waals surface area contributed by atoms with Gasteiger partial charge in [-0.3, -0.25) is 4.79 Å². The van der Waals surface area contributed by atoms with Crippen molar-refractivity contribution in [1.29, 1.82) is 0 Å². The standard InChI is InChI=1S/C14H26N2O2/c1-3-11-6-5-7-16(8-11)14(17)12-9-18-10-13(12)15-4-2/h11-13,15H,3-10H2,1-2H3. The molecule has 0 aromatic heterocycles. The molecule has 0 aromatic carbocycles. The van der Waals surface area contributed by atoms with Crippen molar-refractivity contribution in [3.63, 3.8) is 0 Å². The first-order valence-electron chi connectivity index (χ1n) is 7.36. The number of hydrogen-bond acceptors (Lipinski definition) is 3. The molecular formula is C14H26N2O2. The van der Waals surface area contributed by atoms with E-state index in [0.717, 1.165) is 26.1 Å². The fourth-order valence-corrected chi connectivity index (χ4v) is 3.09. The van der Waals surface area contributed by atoms with Gasteiger partial charge in [-0.1, -0.05) is 20.3 Å². The molecule has 2 aliphatic heterocycles. The van der Waals surface area contributed by atoms with Crippen LogP contribution in [0.4, 0.5) is 0 Å². The first-order valence-corrected chi connectivity index (χ1v) is 7.36. The Hall–Kier alpha value is -0.610. The molecule has 4 heteroatoms. The van der Waals surface area contributed by atoms with Crippen molar-refractivity contribution in [3.8, 4) is 0 Å². The van der Waals surface area contributed by atoms with Crippen LogP contribution >= 0.6 is 0 Å². The van der Waals surface area contributed by atoms with E-state index < -0.39 is 0 Å². The third kappa shape index (κ3) is 3.04. The van der Waals surface area contributed by atoms with Crippen LogP contribution in [-0.2, 0) is 9.53 Å². The lowest BCUT2D eigenvalue weighted by molar-refractivity contribution is -0.137. The molecule has 0 aliphatic carbocycles. The van der Waals surface area contributed by atoms with Gasteiger partial charge >= 0.3 is 0 Å². The number of likely N-dealkylation sites (N-methyl/N-ethyl adjacent to an activating group) is 1. The molecule has 0 saturated carbocycles. The average molecular weight is 254 g/mol. The van der Waals surface area contributed by atoms with Crippen LogP contribution in [0.25, 0.3) is 0 Å². The van der Waals surface area contributed by atoms with Gasteiger partial charge in [0, 0.05) is 19.1 Å². The minimum absolute atomic E-state index is 0.0283. The van der Waals surface area contributed by atoms with Crippen molar-refractivity contribution in [2.45, 2.75) is 39.2 Å². The third-order valence-electron chi connectivity index (χ3n) is 4.27. The van der Waals surface area contributed by atoms with E-state index in [4.69, 9.17) is 4.74 Å². The number of nitrogens with zero attached hydrogens (tertiary/aromatic N) is 1. The number of carbonyl (C=O) groups is 1. The second-order valence-electron chi connectivity index (χ2n) is 5.51. The number of amides is 1. The Morgan fingerprint density at radius 2 is 2.22 bits per heavy atom. The molecule has 2 rings (SSSR count). The quantitative estimate of drug-likeness (QED) is 0.821. The Morgan fingerprint density at radius 1 is 1.39 bits per heavy atom. The smallest absolute Gasteiger partial charge is 0.229 e. The monoisotopic (exact) mass is 254 g/mol. The number of ether oxygens (including phenoxy) is 1. The van der Waals surface area contributed by atoms with Crippen LogP contribution in [0.3, 0.4) is 0 Å². The van der Waals surface area contributed by atoms with E-state index >= 15 is 0 Å². The molecule has 18 heavy (non-hydrogen) atoms. The fraction of sp³-hybridized carbons (Fsp3) is 0.929. The Balaban J connectivity index is 1.93. The van der Waals surface area contributed by atoms with Crippen LogP contribution in [0.1, 0.15) is 33.1 Å². The molecule has 2 fully saturated rings. The van der Waals surface area contributed by atoms with Gasteiger partial charge in [0.1, 0.15) is 0 Å². The van der Waals surface area contributed by atoms with Crippen LogP contribution in [0.5, 0.6) is 0 Å². The lowest BCUT2D eigenvalue weighted by Crippen LogP contribution is -2.48. The van der Waals surface area contributed by atoms with Crippen LogP contribution in [0.15, 0.2) is 0 Å². The maximum Gasteiger partial charge on any atom is 0.229 e. The van der Waals surface area contributed by atoms with Gasteiger partial charge in [-0.2, -0.15) is 0 Å². The SMILES string of the molecule is CCNC1COCC1C(=O)N1CCCC(CC)C1. The third-order valence-corrected chi connectivity index (χ3v) is 4.27. The Labute approximate surface area is 110 Å². The highest BCUT2D eigenvalue weighted by Crippen LogP contribution is 2.23. The van der Waals surface area contributed by atoms with Crippen LogP contribution in [0.2, 0.25) is 0 Å². The normalized spacial score (nSPS) is 32.8. The number of piperidine rings is 1. The molecule has 3 atom stereocenters. The van der Waals surface area contributed by atoms with Gasteiger partial charge < -0.3 is 15.0 Å². The number of carbonyl (C=O) groups excluding carboxylic acids is 1. The van der Waals surface area contributed by atoms with Gasteiger partial charge in [0.2, 0.25) is 5.91 Å². The Kier molecular flexibility index (Phi) is 5.01. The highest BCUT2D eigenvalue weighted by molar-refractivity contribution is 5.80. The molecule has 1 amide bonds. The topological polar surface area (TPSA) is 41.6 Å². The van der Waals surface area contributed by atoms with E-state index in [1.807, 2.05) is 0 Å². The minimum Gasteiger partial charge on any atom is -0.379 e. The van der Waals surface area contributed by atoms with Gasteiger partial charge in [0.05, 0.1) is 19.1 Å². The largest absolute Gasteiger partial charge is 0.379 e. The summed E-state index contributed by atoms with van der Waals surface area (Å²) in [5.74, 6) is 1.03. The van der Waals surface area contributed by atoms with Gasteiger partial charge in [-0.05, 0) is 25.3 Å². The number of likely N-dealkylation sites (tertiary alicyclic amines) is 1. The zero-order valence-electron chi connectivity index (χ0n) is 11.7. The number of nitrogens with one attached hydrogen (secondary N) is 1. The molecule has 2 saturated heterocycles. The van der Waals surface area contributed by atoms with Crippen molar-refractivity contribution in [1.82, 2.24) is 10.2 Å². The van der Waals surface area contributed by atoms with Gasteiger partial charge in [0.15, 0.2) is 0 Å². The zero-order chi connectivity index (χ0) is 13.0. The van der Waals surface area contributed by atoms with Crippen molar-refractivity contribution in [2.75, 3.05) is 32.8 Å². The highest BCUT2D eigenvalue weighted by Gasteiger charge is 2.37. The highest BCUT2D eigenvalue weighted by atomic mass is 16.5. The summed E-state index contributed by atoms with van der Waals surface area (Å²) in [5.41, 5.74) is 0. The van der Waals surface area contributed by atoms with Crippen molar-refractivity contribution >= 4 is 5.91 Å². The summed E-state index contributed by atoms with van der Waals surface area (Å²) in [6.07, 6.45) is 3.61. The van der Waals surface area contributed by atoms with E-state index in [0.29, 0.717) is 25.0 Å². The number of hydrogen-bond donors (Lipinski definition) is 1. The van der Waals surface area contributed by atoms with Gasteiger partial charge in [-0.15, -0.1) is 0 Å². The summed E-state index contributed by atoms with van der Waals surface area (Å²) in [6.45, 7) is 8.34. The predicted molar refractivity (Wildman–Crippen MR) is 71.4 cm³/mol. The van der Waals surface area contributed by atoms with Gasteiger partial charge in [0.25, 0.3) is 0 Å². The van der Waals surface area contributed by atoms with Crippen molar-refractivity contribution in [3.05, 3.63) is 0 Å². The molecule has 0 bridgehead atoms. The minimum atomic E-state index is 0.0283. The number of rotatable bonds is 4. The maximum absolute atomic E-state index is 12.6. The van der Waals surface area contributed by atoms with Crippen LogP contribution < -0.4 is 5.32 Å².